The predicted molar refractivity (Wildman–Crippen MR) is 124 cm³/mol. The monoisotopic (exact) mass is 423 g/mol. The van der Waals surface area contributed by atoms with Gasteiger partial charge in [-0.15, -0.1) is 0 Å². The van der Waals surface area contributed by atoms with E-state index in [4.69, 9.17) is 11.6 Å². The number of carboxylic acids is 1. The molecule has 3 aromatic rings. The van der Waals surface area contributed by atoms with E-state index in [1.165, 1.54) is 49.8 Å². The maximum Gasteiger partial charge on any atom is 0.337 e. The first-order chi connectivity index (χ1) is 14.6. The van der Waals surface area contributed by atoms with E-state index in [-0.39, 0.29) is 0 Å². The van der Waals surface area contributed by atoms with E-state index in [2.05, 4.69) is 23.6 Å². The zero-order chi connectivity index (χ0) is 21.1. The summed E-state index contributed by atoms with van der Waals surface area (Å²) in [4.78, 5) is 12.0. The SMILES string of the molecule is CCCCCCC1CCc2c(n(Cc3cccc(Cl)c3)c3c(C(=O)O)cccc23)C1. The summed E-state index contributed by atoms with van der Waals surface area (Å²) in [6.07, 6.45) is 9.73. The second-order valence-electron chi connectivity index (χ2n) is 8.61. The van der Waals surface area contributed by atoms with Crippen LogP contribution in [0.3, 0.4) is 0 Å². The molecule has 3 nitrogen and oxygen atoms in total. The Kier molecular flexibility index (Phi) is 6.48. The third-order valence-electron chi connectivity index (χ3n) is 6.52. The highest BCUT2D eigenvalue weighted by Crippen LogP contribution is 2.38. The first kappa shape index (κ1) is 21.0. The minimum atomic E-state index is -0.862. The van der Waals surface area contributed by atoms with Crippen LogP contribution in [0.15, 0.2) is 42.5 Å². The van der Waals surface area contributed by atoms with E-state index in [0.717, 1.165) is 29.3 Å². The molecule has 2 aromatic carbocycles. The Morgan fingerprint density at radius 3 is 2.77 bits per heavy atom. The van der Waals surface area contributed by atoms with Crippen molar-refractivity contribution in [2.45, 2.75) is 64.8 Å². The molecule has 0 spiro atoms. The predicted octanol–water partition coefficient (Wildman–Crippen LogP) is 7.12. The number of unbranched alkanes of at least 4 members (excludes halogenated alkanes) is 3. The quantitative estimate of drug-likeness (QED) is 0.392. The molecule has 1 aromatic heterocycles. The second kappa shape index (κ2) is 9.26. The summed E-state index contributed by atoms with van der Waals surface area (Å²) in [7, 11) is 0. The van der Waals surface area contributed by atoms with Gasteiger partial charge in [0.15, 0.2) is 0 Å². The van der Waals surface area contributed by atoms with Crippen LogP contribution in [0.5, 0.6) is 0 Å². The Balaban J connectivity index is 1.75. The van der Waals surface area contributed by atoms with Crippen LogP contribution in [-0.4, -0.2) is 15.6 Å². The number of hydrogen-bond acceptors (Lipinski definition) is 1. The number of carboxylic acid groups (broad SMARTS) is 1. The van der Waals surface area contributed by atoms with Gasteiger partial charge in [-0.2, -0.15) is 0 Å². The lowest BCUT2D eigenvalue weighted by Gasteiger charge is -2.24. The van der Waals surface area contributed by atoms with Gasteiger partial charge in [0, 0.05) is 22.6 Å². The molecule has 0 radical (unpaired) electrons. The summed E-state index contributed by atoms with van der Waals surface area (Å²) in [5, 5.41) is 11.7. The van der Waals surface area contributed by atoms with Crippen LogP contribution in [0.4, 0.5) is 0 Å². The zero-order valence-corrected chi connectivity index (χ0v) is 18.4. The summed E-state index contributed by atoms with van der Waals surface area (Å²) in [5.41, 5.74) is 5.03. The first-order valence-corrected chi connectivity index (χ1v) is 11.6. The fourth-order valence-electron chi connectivity index (χ4n) is 5.04. The van der Waals surface area contributed by atoms with Crippen LogP contribution in [0, 0.1) is 5.92 Å². The first-order valence-electron chi connectivity index (χ1n) is 11.2. The van der Waals surface area contributed by atoms with Crippen LogP contribution in [0.2, 0.25) is 5.02 Å². The van der Waals surface area contributed by atoms with E-state index < -0.39 is 5.97 Å². The smallest absolute Gasteiger partial charge is 0.337 e. The van der Waals surface area contributed by atoms with Crippen LogP contribution in [0.25, 0.3) is 10.9 Å². The van der Waals surface area contributed by atoms with Gasteiger partial charge in [0.1, 0.15) is 0 Å². The van der Waals surface area contributed by atoms with Gasteiger partial charge in [0.25, 0.3) is 0 Å². The summed E-state index contributed by atoms with van der Waals surface area (Å²) >= 11 is 6.23. The van der Waals surface area contributed by atoms with Crippen molar-refractivity contribution < 1.29 is 9.90 Å². The van der Waals surface area contributed by atoms with Gasteiger partial charge >= 0.3 is 5.97 Å². The Hall–Kier alpha value is -2.26. The lowest BCUT2D eigenvalue weighted by Crippen LogP contribution is -2.17. The number of para-hydroxylation sites is 1. The molecule has 1 heterocycles. The molecule has 1 aliphatic carbocycles. The van der Waals surface area contributed by atoms with Gasteiger partial charge in [-0.1, -0.05) is 74.9 Å². The van der Waals surface area contributed by atoms with Crippen molar-refractivity contribution in [3.05, 3.63) is 69.9 Å². The molecule has 0 saturated heterocycles. The standard InChI is InChI=1S/C26H30ClNO2/c1-2-3-4-5-8-18-13-14-21-22-11-7-12-23(26(29)30)25(22)28(24(21)16-18)17-19-9-6-10-20(27)15-19/h6-7,9-12,15,18H,2-5,8,13-14,16-17H2,1H3,(H,29,30). The molecule has 4 rings (SSSR count). The molecule has 30 heavy (non-hydrogen) atoms. The number of aryl methyl sites for hydroxylation is 1. The Labute approximate surface area is 183 Å². The lowest BCUT2D eigenvalue weighted by atomic mass is 9.83. The van der Waals surface area contributed by atoms with E-state index in [0.29, 0.717) is 23.0 Å². The molecule has 1 unspecified atom stereocenters. The van der Waals surface area contributed by atoms with Crippen molar-refractivity contribution >= 4 is 28.5 Å². The normalized spacial score (nSPS) is 16.0. The van der Waals surface area contributed by atoms with E-state index >= 15 is 0 Å². The summed E-state index contributed by atoms with van der Waals surface area (Å²) in [6, 6.07) is 13.6. The second-order valence-corrected chi connectivity index (χ2v) is 9.04. The van der Waals surface area contributed by atoms with Crippen LogP contribution < -0.4 is 0 Å². The molecule has 0 amide bonds. The van der Waals surface area contributed by atoms with Crippen molar-refractivity contribution in [2.75, 3.05) is 0 Å². The summed E-state index contributed by atoms with van der Waals surface area (Å²) in [5.74, 6) is -0.177. The number of nitrogens with zero attached hydrogens (tertiary/aromatic N) is 1. The zero-order valence-electron chi connectivity index (χ0n) is 17.7. The number of rotatable bonds is 8. The molecule has 0 aliphatic heterocycles. The maximum atomic E-state index is 12.0. The molecule has 1 N–H and O–H groups in total. The molecular weight excluding hydrogens is 394 g/mol. The van der Waals surface area contributed by atoms with Gasteiger partial charge in [-0.3, -0.25) is 0 Å². The average molecular weight is 424 g/mol. The lowest BCUT2D eigenvalue weighted by molar-refractivity contribution is 0.0698. The fourth-order valence-corrected chi connectivity index (χ4v) is 5.25. The minimum absolute atomic E-state index is 0.392. The van der Waals surface area contributed by atoms with Crippen molar-refractivity contribution in [1.82, 2.24) is 4.57 Å². The number of aromatic carboxylic acids is 1. The molecule has 1 aliphatic rings. The molecule has 4 heteroatoms. The van der Waals surface area contributed by atoms with Crippen molar-refractivity contribution in [2.24, 2.45) is 5.92 Å². The molecule has 0 saturated carbocycles. The fraction of sp³-hybridized carbons (Fsp3) is 0.423. The highest BCUT2D eigenvalue weighted by atomic mass is 35.5. The van der Waals surface area contributed by atoms with Crippen molar-refractivity contribution in [3.8, 4) is 0 Å². The molecular formula is C26H30ClNO2. The molecule has 0 bridgehead atoms. The number of benzene rings is 2. The van der Waals surface area contributed by atoms with Crippen molar-refractivity contribution in [3.63, 3.8) is 0 Å². The Bertz CT molecular complexity index is 1050. The van der Waals surface area contributed by atoms with Gasteiger partial charge in [-0.05, 0) is 54.5 Å². The Morgan fingerprint density at radius 1 is 1.17 bits per heavy atom. The maximum absolute atomic E-state index is 12.0. The van der Waals surface area contributed by atoms with Gasteiger partial charge in [-0.25, -0.2) is 4.79 Å². The molecule has 1 atom stereocenters. The number of hydrogen-bond donors (Lipinski definition) is 1. The van der Waals surface area contributed by atoms with Crippen LogP contribution in [-0.2, 0) is 19.4 Å². The van der Waals surface area contributed by atoms with E-state index in [1.807, 2.05) is 24.3 Å². The highest BCUT2D eigenvalue weighted by molar-refractivity contribution is 6.30. The third kappa shape index (κ3) is 4.27. The average Bonchev–Trinajstić information content (AvgIpc) is 3.04. The van der Waals surface area contributed by atoms with Gasteiger partial charge in [0.05, 0.1) is 11.1 Å². The Morgan fingerprint density at radius 2 is 2.00 bits per heavy atom. The largest absolute Gasteiger partial charge is 0.478 e. The van der Waals surface area contributed by atoms with Gasteiger partial charge < -0.3 is 9.67 Å². The highest BCUT2D eigenvalue weighted by Gasteiger charge is 2.27. The topological polar surface area (TPSA) is 42.2 Å². The van der Waals surface area contributed by atoms with E-state index in [1.54, 1.807) is 6.07 Å². The van der Waals surface area contributed by atoms with Crippen molar-refractivity contribution in [1.29, 1.82) is 0 Å². The minimum Gasteiger partial charge on any atom is -0.478 e. The van der Waals surface area contributed by atoms with Gasteiger partial charge in [0.2, 0.25) is 0 Å². The molecule has 0 fully saturated rings. The number of carbonyl (C=O) groups is 1. The number of fused-ring (bicyclic) bond motifs is 3. The van der Waals surface area contributed by atoms with Crippen LogP contribution >= 0.6 is 11.6 Å². The number of halogens is 1. The molecule has 158 valence electrons. The third-order valence-corrected chi connectivity index (χ3v) is 6.75. The summed E-state index contributed by atoms with van der Waals surface area (Å²) < 4.78 is 2.26. The number of aromatic nitrogens is 1. The van der Waals surface area contributed by atoms with E-state index in [9.17, 15) is 9.90 Å². The van der Waals surface area contributed by atoms with Crippen LogP contribution in [0.1, 0.15) is 72.6 Å². The summed E-state index contributed by atoms with van der Waals surface area (Å²) in [6.45, 7) is 2.90.